The van der Waals surface area contributed by atoms with Gasteiger partial charge in [0.25, 0.3) is 0 Å². The zero-order valence-corrected chi connectivity index (χ0v) is 13.6. The fourth-order valence-electron chi connectivity index (χ4n) is 2.33. The molecule has 0 aromatic carbocycles. The molecule has 0 saturated heterocycles. The molecule has 0 aliphatic rings. The van der Waals surface area contributed by atoms with Crippen molar-refractivity contribution < 1.29 is 4.74 Å². The lowest BCUT2D eigenvalue weighted by atomic mass is 9.99. The van der Waals surface area contributed by atoms with Crippen molar-refractivity contribution in [1.82, 2.24) is 15.3 Å². The number of ether oxygens (including phenoxy) is 1. The second kappa shape index (κ2) is 8.90. The molecule has 114 valence electrons. The molecule has 1 unspecified atom stereocenters. The topological polar surface area (TPSA) is 47.0 Å². The second-order valence-electron chi connectivity index (χ2n) is 5.66. The summed E-state index contributed by atoms with van der Waals surface area (Å²) in [7, 11) is 0. The lowest BCUT2D eigenvalue weighted by molar-refractivity contribution is 0.324. The summed E-state index contributed by atoms with van der Waals surface area (Å²) >= 11 is 0. The molecule has 4 nitrogen and oxygen atoms in total. The number of aromatic nitrogens is 2. The smallest absolute Gasteiger partial charge is 0.216 e. The molecule has 1 heterocycles. The molecule has 1 atom stereocenters. The Labute approximate surface area is 123 Å². The first-order chi connectivity index (χ1) is 9.55. The molecule has 0 spiro atoms. The normalized spacial score (nSPS) is 12.7. The molecule has 4 heteroatoms. The zero-order valence-electron chi connectivity index (χ0n) is 13.6. The molecule has 0 amide bonds. The van der Waals surface area contributed by atoms with Crippen molar-refractivity contribution in [1.29, 1.82) is 0 Å². The Morgan fingerprint density at radius 3 is 2.60 bits per heavy atom. The lowest BCUT2D eigenvalue weighted by Crippen LogP contribution is -2.33. The van der Waals surface area contributed by atoms with Crippen molar-refractivity contribution in [3.05, 3.63) is 17.6 Å². The molecule has 0 fully saturated rings. The van der Waals surface area contributed by atoms with Crippen LogP contribution in [0.25, 0.3) is 0 Å². The van der Waals surface area contributed by atoms with E-state index in [1.807, 2.05) is 19.9 Å². The molecule has 1 aromatic rings. The summed E-state index contributed by atoms with van der Waals surface area (Å²) in [6, 6.07) is 2.44. The van der Waals surface area contributed by atoms with Crippen LogP contribution in [0.4, 0.5) is 0 Å². The molecule has 0 saturated carbocycles. The Bertz CT molecular complexity index is 393. The van der Waals surface area contributed by atoms with Crippen LogP contribution in [-0.4, -0.2) is 29.2 Å². The van der Waals surface area contributed by atoms with E-state index in [0.717, 1.165) is 37.3 Å². The maximum absolute atomic E-state index is 5.50. The first-order valence-corrected chi connectivity index (χ1v) is 7.75. The van der Waals surface area contributed by atoms with Gasteiger partial charge in [0.15, 0.2) is 0 Å². The van der Waals surface area contributed by atoms with E-state index in [1.54, 1.807) is 0 Å². The monoisotopic (exact) mass is 279 g/mol. The summed E-state index contributed by atoms with van der Waals surface area (Å²) in [5, 5.41) is 3.62. The Morgan fingerprint density at radius 1 is 1.25 bits per heavy atom. The Balaban J connectivity index is 2.75. The molecule has 20 heavy (non-hydrogen) atoms. The van der Waals surface area contributed by atoms with Gasteiger partial charge in [0.2, 0.25) is 5.88 Å². The van der Waals surface area contributed by atoms with Gasteiger partial charge in [-0.2, -0.15) is 4.98 Å². The van der Waals surface area contributed by atoms with Gasteiger partial charge in [-0.3, -0.25) is 0 Å². The third-order valence-electron chi connectivity index (χ3n) is 3.05. The highest BCUT2D eigenvalue weighted by Crippen LogP contribution is 2.14. The van der Waals surface area contributed by atoms with E-state index in [9.17, 15) is 0 Å². The van der Waals surface area contributed by atoms with Gasteiger partial charge >= 0.3 is 0 Å². The number of nitrogens with zero attached hydrogens (tertiary/aromatic N) is 2. The summed E-state index contributed by atoms with van der Waals surface area (Å²) in [5.41, 5.74) is 1.07. The van der Waals surface area contributed by atoms with Crippen molar-refractivity contribution in [2.45, 2.75) is 59.9 Å². The Kier molecular flexibility index (Phi) is 7.52. The average Bonchev–Trinajstić information content (AvgIpc) is 2.35. The first kappa shape index (κ1) is 16.9. The molecule has 1 aromatic heterocycles. The van der Waals surface area contributed by atoms with Gasteiger partial charge in [0.05, 0.1) is 6.61 Å². The highest BCUT2D eigenvalue weighted by Gasteiger charge is 2.13. The quantitative estimate of drug-likeness (QED) is 0.754. The minimum absolute atomic E-state index is 0.471. The van der Waals surface area contributed by atoms with Crippen molar-refractivity contribution in [3.8, 4) is 5.88 Å². The van der Waals surface area contributed by atoms with Crippen LogP contribution in [0.2, 0.25) is 0 Å². The van der Waals surface area contributed by atoms with Crippen LogP contribution in [-0.2, 0) is 6.42 Å². The van der Waals surface area contributed by atoms with Gasteiger partial charge in [-0.15, -0.1) is 0 Å². The number of aryl methyl sites for hydroxylation is 1. The van der Waals surface area contributed by atoms with Gasteiger partial charge < -0.3 is 10.1 Å². The van der Waals surface area contributed by atoms with E-state index in [1.165, 1.54) is 0 Å². The predicted octanol–water partition coefficient (Wildman–Crippen LogP) is 3.14. The number of hydrogen-bond donors (Lipinski definition) is 1. The van der Waals surface area contributed by atoms with Crippen LogP contribution >= 0.6 is 0 Å². The van der Waals surface area contributed by atoms with Crippen LogP contribution in [0.1, 0.15) is 52.1 Å². The number of rotatable bonds is 9. The summed E-state index contributed by atoms with van der Waals surface area (Å²) in [4.78, 5) is 8.84. The third kappa shape index (κ3) is 6.33. The Hall–Kier alpha value is -1.16. The van der Waals surface area contributed by atoms with Gasteiger partial charge in [0.1, 0.15) is 5.82 Å². The van der Waals surface area contributed by atoms with E-state index in [0.29, 0.717) is 24.4 Å². The molecular weight excluding hydrogens is 250 g/mol. The maximum atomic E-state index is 5.50. The van der Waals surface area contributed by atoms with Gasteiger partial charge in [-0.05, 0) is 39.2 Å². The van der Waals surface area contributed by atoms with Crippen LogP contribution < -0.4 is 10.1 Å². The summed E-state index contributed by atoms with van der Waals surface area (Å²) in [5.74, 6) is 2.15. The zero-order chi connectivity index (χ0) is 15.0. The molecule has 0 aliphatic carbocycles. The summed E-state index contributed by atoms with van der Waals surface area (Å²) in [6.45, 7) is 12.3. The van der Waals surface area contributed by atoms with E-state index >= 15 is 0 Å². The number of nitrogens with one attached hydrogen (secondary N) is 1. The van der Waals surface area contributed by atoms with E-state index in [4.69, 9.17) is 4.74 Å². The second-order valence-corrected chi connectivity index (χ2v) is 5.66. The number of hydrogen-bond acceptors (Lipinski definition) is 4. The fourth-order valence-corrected chi connectivity index (χ4v) is 2.33. The maximum Gasteiger partial charge on any atom is 0.216 e. The van der Waals surface area contributed by atoms with Crippen LogP contribution in [0, 0.1) is 12.8 Å². The highest BCUT2D eigenvalue weighted by atomic mass is 16.5. The molecule has 0 aliphatic heterocycles. The molecule has 1 rings (SSSR count). The van der Waals surface area contributed by atoms with Crippen LogP contribution in [0.3, 0.4) is 0 Å². The largest absolute Gasteiger partial charge is 0.478 e. The molecule has 0 radical (unpaired) electrons. The van der Waals surface area contributed by atoms with Crippen LogP contribution in [0.15, 0.2) is 6.07 Å². The predicted molar refractivity (Wildman–Crippen MR) is 83.2 cm³/mol. The Morgan fingerprint density at radius 2 is 2.00 bits per heavy atom. The SMILES string of the molecule is CCCNC(Cc1cc(OCC)nc(C)n1)CC(C)C. The van der Waals surface area contributed by atoms with Gasteiger partial charge in [0, 0.05) is 24.2 Å². The first-order valence-electron chi connectivity index (χ1n) is 7.75. The molecular formula is C16H29N3O. The lowest BCUT2D eigenvalue weighted by Gasteiger charge is -2.20. The average molecular weight is 279 g/mol. The summed E-state index contributed by atoms with van der Waals surface area (Å²) in [6.07, 6.45) is 3.25. The van der Waals surface area contributed by atoms with Crippen molar-refractivity contribution in [2.75, 3.05) is 13.2 Å². The van der Waals surface area contributed by atoms with Crippen molar-refractivity contribution >= 4 is 0 Å². The van der Waals surface area contributed by atoms with Crippen LogP contribution in [0.5, 0.6) is 5.88 Å². The van der Waals surface area contributed by atoms with E-state index < -0.39 is 0 Å². The van der Waals surface area contributed by atoms with Crippen molar-refractivity contribution in [2.24, 2.45) is 5.92 Å². The molecule has 0 bridgehead atoms. The summed E-state index contributed by atoms with van der Waals surface area (Å²) < 4.78 is 5.50. The van der Waals surface area contributed by atoms with Gasteiger partial charge in [-0.25, -0.2) is 4.98 Å². The highest BCUT2D eigenvalue weighted by molar-refractivity contribution is 5.17. The third-order valence-corrected chi connectivity index (χ3v) is 3.05. The fraction of sp³-hybridized carbons (Fsp3) is 0.750. The van der Waals surface area contributed by atoms with Gasteiger partial charge in [-0.1, -0.05) is 20.8 Å². The minimum Gasteiger partial charge on any atom is -0.478 e. The standard InChI is InChI=1S/C16H29N3O/c1-6-8-17-14(9-12(3)4)10-15-11-16(20-7-2)19-13(5)18-15/h11-12,14,17H,6-10H2,1-5H3. The van der Waals surface area contributed by atoms with E-state index in [-0.39, 0.29) is 0 Å². The minimum atomic E-state index is 0.471. The molecule has 1 N–H and O–H groups in total. The van der Waals surface area contributed by atoms with Crippen molar-refractivity contribution in [3.63, 3.8) is 0 Å². The van der Waals surface area contributed by atoms with E-state index in [2.05, 4.69) is 36.1 Å².